The van der Waals surface area contributed by atoms with E-state index < -0.39 is 11.4 Å². The summed E-state index contributed by atoms with van der Waals surface area (Å²) in [4.78, 5) is 23.6. The van der Waals surface area contributed by atoms with Gasteiger partial charge in [-0.3, -0.25) is 4.79 Å². The number of nitrogens with one attached hydrogen (secondary N) is 1. The van der Waals surface area contributed by atoms with Crippen LogP contribution in [-0.4, -0.2) is 23.5 Å². The van der Waals surface area contributed by atoms with Gasteiger partial charge in [0, 0.05) is 6.54 Å². The molecule has 0 aliphatic heterocycles. The average molecular weight is 325 g/mol. The van der Waals surface area contributed by atoms with Crippen LogP contribution >= 0.6 is 0 Å². The number of hydrogen-bond acceptors (Lipinski definition) is 2. The molecule has 4 heteroatoms. The van der Waals surface area contributed by atoms with E-state index in [2.05, 4.69) is 5.32 Å². The predicted octanol–water partition coefficient (Wildman–Crippen LogP) is 3.33. The Morgan fingerprint density at radius 1 is 1.08 bits per heavy atom. The number of carbonyl (C=O) groups is 2. The average Bonchev–Trinajstić information content (AvgIpc) is 2.55. The van der Waals surface area contributed by atoms with Crippen molar-refractivity contribution in [3.8, 4) is 0 Å². The van der Waals surface area contributed by atoms with E-state index in [-0.39, 0.29) is 11.5 Å². The first-order chi connectivity index (χ1) is 11.3. The monoisotopic (exact) mass is 325 g/mol. The summed E-state index contributed by atoms with van der Waals surface area (Å²) in [6, 6.07) is 14.7. The molecule has 0 unspecified atom stereocenters. The molecule has 0 heterocycles. The number of aromatic carboxylic acids is 1. The molecule has 24 heavy (non-hydrogen) atoms. The molecular weight excluding hydrogens is 302 g/mol. The second kappa shape index (κ2) is 7.30. The number of hydrogen-bond donors (Lipinski definition) is 2. The van der Waals surface area contributed by atoms with E-state index >= 15 is 0 Å². The van der Waals surface area contributed by atoms with Gasteiger partial charge in [0.15, 0.2) is 0 Å². The van der Waals surface area contributed by atoms with Crippen molar-refractivity contribution >= 4 is 11.9 Å². The molecule has 0 atom stereocenters. The third kappa shape index (κ3) is 4.02. The van der Waals surface area contributed by atoms with Gasteiger partial charge in [-0.15, -0.1) is 0 Å². The Bertz CT molecular complexity index is 750. The number of carboxylic acids is 1. The Morgan fingerprint density at radius 2 is 1.79 bits per heavy atom. The topological polar surface area (TPSA) is 66.4 Å². The van der Waals surface area contributed by atoms with Gasteiger partial charge in [-0.2, -0.15) is 0 Å². The second-order valence-electron chi connectivity index (χ2n) is 6.45. The molecule has 0 aliphatic rings. The molecule has 4 nitrogen and oxygen atoms in total. The largest absolute Gasteiger partial charge is 0.478 e. The fraction of sp³-hybridized carbons (Fsp3) is 0.300. The molecule has 0 radical (unpaired) electrons. The lowest BCUT2D eigenvalue weighted by molar-refractivity contribution is -0.125. The molecule has 0 saturated heterocycles. The van der Waals surface area contributed by atoms with Gasteiger partial charge in [0.2, 0.25) is 5.91 Å². The molecule has 126 valence electrons. The fourth-order valence-corrected chi connectivity index (χ4v) is 2.80. The number of rotatable bonds is 6. The van der Waals surface area contributed by atoms with Gasteiger partial charge in [-0.1, -0.05) is 36.4 Å². The molecular formula is C20H23NO3. The first kappa shape index (κ1) is 17.7. The lowest BCUT2D eigenvalue weighted by Crippen LogP contribution is -2.41. The highest BCUT2D eigenvalue weighted by atomic mass is 16.4. The lowest BCUT2D eigenvalue weighted by atomic mass is 9.81. The van der Waals surface area contributed by atoms with Gasteiger partial charge < -0.3 is 10.4 Å². The van der Waals surface area contributed by atoms with Crippen LogP contribution in [0, 0.1) is 6.92 Å². The Kier molecular flexibility index (Phi) is 5.39. The van der Waals surface area contributed by atoms with Crippen LogP contribution in [0.3, 0.4) is 0 Å². The maximum Gasteiger partial charge on any atom is 0.335 e. The summed E-state index contributed by atoms with van der Waals surface area (Å²) >= 11 is 0. The Hall–Kier alpha value is -2.62. The zero-order valence-corrected chi connectivity index (χ0v) is 14.3. The smallest absolute Gasteiger partial charge is 0.335 e. The maximum atomic E-state index is 12.6. The van der Waals surface area contributed by atoms with Crippen molar-refractivity contribution in [1.29, 1.82) is 0 Å². The Morgan fingerprint density at radius 3 is 2.46 bits per heavy atom. The highest BCUT2D eigenvalue weighted by Gasteiger charge is 2.30. The fourth-order valence-electron chi connectivity index (χ4n) is 2.80. The van der Waals surface area contributed by atoms with Crippen molar-refractivity contribution in [3.63, 3.8) is 0 Å². The minimum atomic E-state index is -0.943. The molecule has 0 bridgehead atoms. The summed E-state index contributed by atoms with van der Waals surface area (Å²) in [5.74, 6) is -0.979. The molecule has 1 amide bonds. The standard InChI is InChI=1S/C20H23NO3/c1-14-7-4-5-10-17(14)20(2,3)19(24)21-12-11-15-8-6-9-16(13-15)18(22)23/h4-10,13H,11-12H2,1-3H3,(H,21,24)(H,22,23). The molecule has 2 N–H and O–H groups in total. The number of carboxylic acid groups (broad SMARTS) is 1. The van der Waals surface area contributed by atoms with Gasteiger partial charge in [0.25, 0.3) is 0 Å². The van der Waals surface area contributed by atoms with Gasteiger partial charge in [-0.25, -0.2) is 4.79 Å². The third-order valence-electron chi connectivity index (χ3n) is 4.26. The zero-order valence-electron chi connectivity index (χ0n) is 14.3. The number of amides is 1. The van der Waals surface area contributed by atoms with Gasteiger partial charge in [0.1, 0.15) is 0 Å². The molecule has 0 saturated carbocycles. The van der Waals surface area contributed by atoms with Crippen molar-refractivity contribution in [3.05, 3.63) is 70.8 Å². The van der Waals surface area contributed by atoms with E-state index in [4.69, 9.17) is 5.11 Å². The van der Waals surface area contributed by atoms with Crippen LogP contribution in [0.25, 0.3) is 0 Å². The normalized spacial score (nSPS) is 11.1. The molecule has 0 aromatic heterocycles. The second-order valence-corrected chi connectivity index (χ2v) is 6.45. The van der Waals surface area contributed by atoms with E-state index in [0.29, 0.717) is 13.0 Å². The van der Waals surface area contributed by atoms with Crippen LogP contribution in [0.15, 0.2) is 48.5 Å². The first-order valence-corrected chi connectivity index (χ1v) is 7.99. The molecule has 2 aromatic rings. The van der Waals surface area contributed by atoms with Crippen LogP contribution in [0.2, 0.25) is 0 Å². The van der Waals surface area contributed by atoms with Crippen molar-refractivity contribution in [2.24, 2.45) is 0 Å². The summed E-state index contributed by atoms with van der Waals surface area (Å²) in [7, 11) is 0. The van der Waals surface area contributed by atoms with Crippen LogP contribution in [-0.2, 0) is 16.6 Å². The zero-order chi connectivity index (χ0) is 17.7. The van der Waals surface area contributed by atoms with Crippen molar-refractivity contribution in [2.45, 2.75) is 32.6 Å². The van der Waals surface area contributed by atoms with E-state index in [0.717, 1.165) is 16.7 Å². The van der Waals surface area contributed by atoms with Crippen molar-refractivity contribution in [2.75, 3.05) is 6.54 Å². The van der Waals surface area contributed by atoms with E-state index in [1.165, 1.54) is 0 Å². The third-order valence-corrected chi connectivity index (χ3v) is 4.26. The predicted molar refractivity (Wildman–Crippen MR) is 94.3 cm³/mol. The summed E-state index contributed by atoms with van der Waals surface area (Å²) < 4.78 is 0. The summed E-state index contributed by atoms with van der Waals surface area (Å²) in [5, 5.41) is 12.0. The molecule has 0 fully saturated rings. The molecule has 2 rings (SSSR count). The van der Waals surface area contributed by atoms with E-state index in [9.17, 15) is 9.59 Å². The number of benzene rings is 2. The quantitative estimate of drug-likeness (QED) is 0.856. The van der Waals surface area contributed by atoms with Crippen LogP contribution < -0.4 is 5.32 Å². The summed E-state index contributed by atoms with van der Waals surface area (Å²) in [6.07, 6.45) is 0.594. The van der Waals surface area contributed by atoms with Crippen molar-refractivity contribution in [1.82, 2.24) is 5.32 Å². The maximum absolute atomic E-state index is 12.6. The first-order valence-electron chi connectivity index (χ1n) is 7.99. The highest BCUT2D eigenvalue weighted by molar-refractivity contribution is 5.88. The highest BCUT2D eigenvalue weighted by Crippen LogP contribution is 2.26. The van der Waals surface area contributed by atoms with Gasteiger partial charge in [-0.05, 0) is 56.0 Å². The van der Waals surface area contributed by atoms with Crippen LogP contribution in [0.5, 0.6) is 0 Å². The Balaban J connectivity index is 1.99. The van der Waals surface area contributed by atoms with Crippen LogP contribution in [0.1, 0.15) is 40.9 Å². The van der Waals surface area contributed by atoms with E-state index in [1.807, 2.05) is 51.1 Å². The minimum absolute atomic E-state index is 0.0359. The Labute approximate surface area is 142 Å². The van der Waals surface area contributed by atoms with Crippen LogP contribution in [0.4, 0.5) is 0 Å². The summed E-state index contributed by atoms with van der Waals surface area (Å²) in [6.45, 7) is 6.30. The van der Waals surface area contributed by atoms with Gasteiger partial charge in [0.05, 0.1) is 11.0 Å². The van der Waals surface area contributed by atoms with Crippen molar-refractivity contribution < 1.29 is 14.7 Å². The lowest BCUT2D eigenvalue weighted by Gasteiger charge is -2.26. The number of aryl methyl sites for hydroxylation is 1. The van der Waals surface area contributed by atoms with E-state index in [1.54, 1.807) is 18.2 Å². The summed E-state index contributed by atoms with van der Waals surface area (Å²) in [5.41, 5.74) is 2.64. The molecule has 0 aliphatic carbocycles. The minimum Gasteiger partial charge on any atom is -0.478 e. The van der Waals surface area contributed by atoms with Gasteiger partial charge >= 0.3 is 5.97 Å². The molecule has 2 aromatic carbocycles. The SMILES string of the molecule is Cc1ccccc1C(C)(C)C(=O)NCCc1cccc(C(=O)O)c1. The molecule has 0 spiro atoms. The number of carbonyl (C=O) groups excluding carboxylic acids is 1.